The summed E-state index contributed by atoms with van der Waals surface area (Å²) in [7, 11) is 0. The van der Waals surface area contributed by atoms with Crippen LogP contribution < -0.4 is 0 Å². The minimum atomic E-state index is -4.82. The number of β-amino-alcohol motifs (C(OH)–C–C–N with tert-alkyl or cyclic N) is 1. The van der Waals surface area contributed by atoms with Gasteiger partial charge in [0.15, 0.2) is 0 Å². The Morgan fingerprint density at radius 3 is 2.42 bits per heavy atom. The third-order valence-electron chi connectivity index (χ3n) is 1.69. The second-order valence-corrected chi connectivity index (χ2v) is 2.69. The molecule has 0 aromatic carbocycles. The number of alkyl halides is 3. The van der Waals surface area contributed by atoms with Gasteiger partial charge in [0.2, 0.25) is 0 Å². The Kier molecular flexibility index (Phi) is 2.27. The average molecular weight is 183 g/mol. The zero-order chi connectivity index (χ0) is 9.35. The van der Waals surface area contributed by atoms with Crippen LogP contribution in [0.15, 0.2) is 0 Å². The zero-order valence-electron chi connectivity index (χ0n) is 6.14. The maximum Gasteiger partial charge on any atom is 0.471 e. The van der Waals surface area contributed by atoms with Crippen LogP contribution in [0.1, 0.15) is 6.42 Å². The first kappa shape index (κ1) is 9.31. The van der Waals surface area contributed by atoms with Crippen LogP contribution in [-0.2, 0) is 4.79 Å². The number of amides is 1. The second kappa shape index (κ2) is 2.93. The fourth-order valence-electron chi connectivity index (χ4n) is 1.11. The molecule has 1 N–H and O–H groups in total. The SMILES string of the molecule is O=C(N1CC[C@H](O)C1)C(F)(F)F. The number of aliphatic hydroxyl groups excluding tert-OH is 1. The monoisotopic (exact) mass is 183 g/mol. The molecule has 0 saturated carbocycles. The second-order valence-electron chi connectivity index (χ2n) is 2.69. The lowest BCUT2D eigenvalue weighted by Gasteiger charge is -2.16. The van der Waals surface area contributed by atoms with Crippen LogP contribution in [0.25, 0.3) is 0 Å². The normalized spacial score (nSPS) is 24.7. The summed E-state index contributed by atoms with van der Waals surface area (Å²) < 4.78 is 35.3. The first-order valence-corrected chi connectivity index (χ1v) is 3.45. The van der Waals surface area contributed by atoms with Crippen molar-refractivity contribution in [2.45, 2.75) is 18.7 Å². The first-order chi connectivity index (χ1) is 5.41. The van der Waals surface area contributed by atoms with Crippen LogP contribution in [0, 0.1) is 0 Å². The molecule has 1 rings (SSSR count). The molecule has 0 spiro atoms. The molecule has 0 aliphatic carbocycles. The highest BCUT2D eigenvalue weighted by Gasteiger charge is 2.44. The van der Waals surface area contributed by atoms with E-state index in [-0.39, 0.29) is 19.5 Å². The van der Waals surface area contributed by atoms with Crippen LogP contribution in [0.4, 0.5) is 13.2 Å². The Morgan fingerprint density at radius 1 is 1.50 bits per heavy atom. The van der Waals surface area contributed by atoms with Gasteiger partial charge in [-0.1, -0.05) is 0 Å². The van der Waals surface area contributed by atoms with E-state index in [0.29, 0.717) is 4.90 Å². The van der Waals surface area contributed by atoms with Crippen molar-refractivity contribution in [2.24, 2.45) is 0 Å². The summed E-state index contributed by atoms with van der Waals surface area (Å²) in [5.74, 6) is -1.86. The van der Waals surface area contributed by atoms with Gasteiger partial charge in [0.1, 0.15) is 0 Å². The summed E-state index contributed by atoms with van der Waals surface area (Å²) >= 11 is 0. The van der Waals surface area contributed by atoms with E-state index in [1.807, 2.05) is 0 Å². The standard InChI is InChI=1S/C6H8F3NO2/c7-6(8,9)5(12)10-2-1-4(11)3-10/h4,11H,1-3H2/t4-/m0/s1. The minimum absolute atomic E-state index is 0.0144. The molecule has 0 bridgehead atoms. The molecule has 0 aromatic heterocycles. The van der Waals surface area contributed by atoms with Crippen LogP contribution in [0.2, 0.25) is 0 Å². The molecule has 1 aliphatic rings. The van der Waals surface area contributed by atoms with Gasteiger partial charge < -0.3 is 10.0 Å². The molecule has 12 heavy (non-hydrogen) atoms. The smallest absolute Gasteiger partial charge is 0.391 e. The Balaban J connectivity index is 2.55. The van der Waals surface area contributed by atoms with Crippen LogP contribution >= 0.6 is 0 Å². The molecule has 1 atom stereocenters. The molecule has 1 aliphatic heterocycles. The highest BCUT2D eigenvalue weighted by atomic mass is 19.4. The van der Waals surface area contributed by atoms with E-state index in [1.165, 1.54) is 0 Å². The average Bonchev–Trinajstić information content (AvgIpc) is 2.32. The molecule has 1 fully saturated rings. The van der Waals surface area contributed by atoms with Gasteiger partial charge in [-0.05, 0) is 6.42 Å². The van der Waals surface area contributed by atoms with E-state index < -0.39 is 18.2 Å². The Labute approximate surface area is 66.8 Å². The van der Waals surface area contributed by atoms with Crippen molar-refractivity contribution < 1.29 is 23.1 Å². The number of halogens is 3. The molecule has 0 unspecified atom stereocenters. The molecule has 1 amide bonds. The minimum Gasteiger partial charge on any atom is -0.391 e. The van der Waals surface area contributed by atoms with Gasteiger partial charge in [-0.25, -0.2) is 0 Å². The van der Waals surface area contributed by atoms with Gasteiger partial charge in [0.05, 0.1) is 6.10 Å². The van der Waals surface area contributed by atoms with Gasteiger partial charge in [-0.3, -0.25) is 4.79 Å². The van der Waals surface area contributed by atoms with E-state index in [9.17, 15) is 18.0 Å². The van der Waals surface area contributed by atoms with E-state index in [0.717, 1.165) is 0 Å². The van der Waals surface area contributed by atoms with E-state index >= 15 is 0 Å². The summed E-state index contributed by atoms with van der Waals surface area (Å²) in [4.78, 5) is 11.1. The Morgan fingerprint density at radius 2 is 2.08 bits per heavy atom. The molecule has 0 radical (unpaired) electrons. The highest BCUT2D eigenvalue weighted by Crippen LogP contribution is 2.21. The number of nitrogens with zero attached hydrogens (tertiary/aromatic N) is 1. The highest BCUT2D eigenvalue weighted by molar-refractivity contribution is 5.82. The summed E-state index contributed by atoms with van der Waals surface area (Å²) in [5, 5.41) is 8.85. The van der Waals surface area contributed by atoms with Crippen molar-refractivity contribution in [3.05, 3.63) is 0 Å². The topological polar surface area (TPSA) is 40.5 Å². The van der Waals surface area contributed by atoms with Crippen LogP contribution in [-0.4, -0.2) is 41.3 Å². The number of aliphatic hydroxyl groups is 1. The van der Waals surface area contributed by atoms with Crippen LogP contribution in [0.3, 0.4) is 0 Å². The predicted octanol–water partition coefficient (Wildman–Crippen LogP) is 0.142. The third kappa shape index (κ3) is 1.88. The summed E-state index contributed by atoms with van der Waals surface area (Å²) in [6.07, 6.45) is -5.40. The number of carbonyl (C=O) groups excluding carboxylic acids is 1. The molecular weight excluding hydrogens is 175 g/mol. The van der Waals surface area contributed by atoms with Crippen molar-refractivity contribution in [3.8, 4) is 0 Å². The van der Waals surface area contributed by atoms with Crippen LogP contribution in [0.5, 0.6) is 0 Å². The van der Waals surface area contributed by atoms with Gasteiger partial charge in [-0.2, -0.15) is 13.2 Å². The molecule has 1 saturated heterocycles. The number of rotatable bonds is 0. The lowest BCUT2D eigenvalue weighted by atomic mass is 10.3. The maximum atomic E-state index is 11.8. The largest absolute Gasteiger partial charge is 0.471 e. The fourth-order valence-corrected chi connectivity index (χ4v) is 1.11. The van der Waals surface area contributed by atoms with Crippen molar-refractivity contribution in [1.82, 2.24) is 4.90 Å². The predicted molar refractivity (Wildman–Crippen MR) is 33.3 cm³/mol. The van der Waals surface area contributed by atoms with Gasteiger partial charge in [0, 0.05) is 13.1 Å². The zero-order valence-corrected chi connectivity index (χ0v) is 6.14. The number of likely N-dealkylation sites (tertiary alicyclic amines) is 1. The first-order valence-electron chi connectivity index (χ1n) is 3.45. The summed E-state index contributed by atoms with van der Waals surface area (Å²) in [5.41, 5.74) is 0. The summed E-state index contributed by atoms with van der Waals surface area (Å²) in [6.45, 7) is -0.224. The Hall–Kier alpha value is -0.780. The molecular formula is C6H8F3NO2. The van der Waals surface area contributed by atoms with Gasteiger partial charge >= 0.3 is 12.1 Å². The molecule has 1 heterocycles. The fraction of sp³-hybridized carbons (Fsp3) is 0.833. The summed E-state index contributed by atoms with van der Waals surface area (Å²) in [6, 6.07) is 0. The third-order valence-corrected chi connectivity index (χ3v) is 1.69. The molecule has 3 nitrogen and oxygen atoms in total. The maximum absolute atomic E-state index is 11.8. The van der Waals surface area contributed by atoms with E-state index in [1.54, 1.807) is 0 Å². The number of hydrogen-bond donors (Lipinski definition) is 1. The number of hydrogen-bond acceptors (Lipinski definition) is 2. The molecule has 0 aromatic rings. The van der Waals surface area contributed by atoms with Crippen molar-refractivity contribution in [1.29, 1.82) is 0 Å². The van der Waals surface area contributed by atoms with Crippen molar-refractivity contribution >= 4 is 5.91 Å². The van der Waals surface area contributed by atoms with E-state index in [4.69, 9.17) is 5.11 Å². The van der Waals surface area contributed by atoms with Crippen molar-refractivity contribution in [3.63, 3.8) is 0 Å². The quantitative estimate of drug-likeness (QED) is 0.580. The Bertz CT molecular complexity index is 192. The number of carbonyl (C=O) groups is 1. The molecule has 70 valence electrons. The van der Waals surface area contributed by atoms with Gasteiger partial charge in [0.25, 0.3) is 0 Å². The lowest BCUT2D eigenvalue weighted by Crippen LogP contribution is -2.39. The molecule has 6 heteroatoms. The lowest BCUT2D eigenvalue weighted by molar-refractivity contribution is -0.184. The van der Waals surface area contributed by atoms with E-state index in [2.05, 4.69) is 0 Å². The van der Waals surface area contributed by atoms with Crippen molar-refractivity contribution in [2.75, 3.05) is 13.1 Å². The van der Waals surface area contributed by atoms with Gasteiger partial charge in [-0.15, -0.1) is 0 Å².